The summed E-state index contributed by atoms with van der Waals surface area (Å²) in [4.78, 5) is 10.6. The van der Waals surface area contributed by atoms with Crippen LogP contribution in [0.2, 0.25) is 5.02 Å². The van der Waals surface area contributed by atoms with E-state index in [1.807, 2.05) is 6.07 Å². The first kappa shape index (κ1) is 12.8. The number of halogens is 2. The Hall–Kier alpha value is -1.66. The molecule has 0 unspecified atom stereocenters. The molecule has 5 nitrogen and oxygen atoms in total. The molecule has 0 aliphatic carbocycles. The van der Waals surface area contributed by atoms with Crippen molar-refractivity contribution >= 4 is 45.0 Å². The molecule has 1 heterocycles. The minimum atomic E-state index is -1.12. The van der Waals surface area contributed by atoms with Crippen molar-refractivity contribution in [3.05, 3.63) is 45.5 Å². The maximum absolute atomic E-state index is 10.6. The van der Waals surface area contributed by atoms with Gasteiger partial charge >= 0.3 is 5.97 Å². The van der Waals surface area contributed by atoms with E-state index in [1.165, 1.54) is 12.1 Å². The van der Waals surface area contributed by atoms with Crippen LogP contribution in [0.5, 0.6) is 0 Å². The molecule has 0 saturated carbocycles. The molecule has 0 aliphatic heterocycles. The van der Waals surface area contributed by atoms with Gasteiger partial charge in [0, 0.05) is 4.47 Å². The second-order valence-corrected chi connectivity index (χ2v) is 4.68. The number of nitrogens with one attached hydrogen (secondary N) is 1. The predicted molar refractivity (Wildman–Crippen MR) is 71.4 cm³/mol. The number of hydrogen-bond donors (Lipinski definition) is 2. The molecule has 1 aromatic carbocycles. The molecule has 0 spiro atoms. The first-order valence-corrected chi connectivity index (χ1v) is 6.02. The average molecular weight is 329 g/mol. The SMILES string of the molecule is O=C(O)c1ccc(Nc2ccc(Br)cc2Cl)nn1. The van der Waals surface area contributed by atoms with Crippen LogP contribution in [-0.4, -0.2) is 21.3 Å². The first-order valence-electron chi connectivity index (χ1n) is 4.85. The zero-order valence-electron chi connectivity index (χ0n) is 8.89. The summed E-state index contributed by atoms with van der Waals surface area (Å²) in [5.74, 6) is -0.694. The average Bonchev–Trinajstić information content (AvgIpc) is 2.33. The number of carbonyl (C=O) groups is 1. The van der Waals surface area contributed by atoms with Gasteiger partial charge in [0.15, 0.2) is 11.5 Å². The van der Waals surface area contributed by atoms with Gasteiger partial charge in [-0.1, -0.05) is 27.5 Å². The van der Waals surface area contributed by atoms with Gasteiger partial charge in [0.05, 0.1) is 10.7 Å². The zero-order valence-corrected chi connectivity index (χ0v) is 11.2. The second-order valence-electron chi connectivity index (χ2n) is 3.36. The summed E-state index contributed by atoms with van der Waals surface area (Å²) in [7, 11) is 0. The van der Waals surface area contributed by atoms with Gasteiger partial charge in [-0.2, -0.15) is 0 Å². The van der Waals surface area contributed by atoms with E-state index in [2.05, 4.69) is 31.4 Å². The highest BCUT2D eigenvalue weighted by atomic mass is 79.9. The Bertz CT molecular complexity index is 589. The van der Waals surface area contributed by atoms with E-state index in [4.69, 9.17) is 16.7 Å². The van der Waals surface area contributed by atoms with Crippen LogP contribution < -0.4 is 5.32 Å². The Balaban J connectivity index is 2.21. The van der Waals surface area contributed by atoms with Gasteiger partial charge in [-0.15, -0.1) is 10.2 Å². The Labute approximate surface area is 116 Å². The lowest BCUT2D eigenvalue weighted by Gasteiger charge is -2.07. The monoisotopic (exact) mass is 327 g/mol. The molecule has 0 saturated heterocycles. The van der Waals surface area contributed by atoms with Crippen molar-refractivity contribution in [2.75, 3.05) is 5.32 Å². The van der Waals surface area contributed by atoms with E-state index in [9.17, 15) is 4.79 Å². The third-order valence-electron chi connectivity index (χ3n) is 2.08. The molecule has 0 radical (unpaired) electrons. The summed E-state index contributed by atoms with van der Waals surface area (Å²) >= 11 is 9.33. The summed E-state index contributed by atoms with van der Waals surface area (Å²) in [6.45, 7) is 0. The number of aromatic carboxylic acids is 1. The Morgan fingerprint density at radius 1 is 1.28 bits per heavy atom. The van der Waals surface area contributed by atoms with Crippen LogP contribution in [0, 0.1) is 0 Å². The standard InChI is InChI=1S/C11H7BrClN3O2/c12-6-1-2-8(7(13)5-6)14-10-4-3-9(11(17)18)15-16-10/h1-5H,(H,14,16)(H,17,18). The van der Waals surface area contributed by atoms with Gasteiger partial charge in [-0.25, -0.2) is 4.79 Å². The van der Waals surface area contributed by atoms with Crippen LogP contribution in [-0.2, 0) is 0 Å². The van der Waals surface area contributed by atoms with Crippen LogP contribution >= 0.6 is 27.5 Å². The summed E-state index contributed by atoms with van der Waals surface area (Å²) in [6.07, 6.45) is 0. The van der Waals surface area contributed by atoms with Crippen LogP contribution in [0.15, 0.2) is 34.8 Å². The molecule has 0 bridgehead atoms. The highest BCUT2D eigenvalue weighted by Crippen LogP contribution is 2.27. The van der Waals surface area contributed by atoms with E-state index in [0.29, 0.717) is 16.5 Å². The fourth-order valence-electron chi connectivity index (χ4n) is 1.24. The largest absolute Gasteiger partial charge is 0.476 e. The molecule has 2 rings (SSSR count). The molecule has 2 N–H and O–H groups in total. The van der Waals surface area contributed by atoms with Crippen molar-refractivity contribution in [3.8, 4) is 0 Å². The molecule has 92 valence electrons. The topological polar surface area (TPSA) is 75.1 Å². The predicted octanol–water partition coefficient (Wildman–Crippen LogP) is 3.33. The Morgan fingerprint density at radius 3 is 2.61 bits per heavy atom. The lowest BCUT2D eigenvalue weighted by Crippen LogP contribution is -2.03. The molecular formula is C11H7BrClN3O2. The number of carboxylic acid groups (broad SMARTS) is 1. The summed E-state index contributed by atoms with van der Waals surface area (Å²) in [6, 6.07) is 8.23. The number of anilines is 2. The van der Waals surface area contributed by atoms with E-state index in [1.54, 1.807) is 12.1 Å². The number of carboxylic acids is 1. The Kier molecular flexibility index (Phi) is 3.78. The number of rotatable bonds is 3. The highest BCUT2D eigenvalue weighted by molar-refractivity contribution is 9.10. The molecular weight excluding hydrogens is 321 g/mol. The minimum Gasteiger partial charge on any atom is -0.476 e. The number of aromatic nitrogens is 2. The number of nitrogens with zero attached hydrogens (tertiary/aromatic N) is 2. The number of hydrogen-bond acceptors (Lipinski definition) is 4. The van der Waals surface area contributed by atoms with Crippen LogP contribution in [0.3, 0.4) is 0 Å². The maximum atomic E-state index is 10.6. The molecule has 2 aromatic rings. The zero-order chi connectivity index (χ0) is 13.1. The molecule has 1 aromatic heterocycles. The molecule has 0 amide bonds. The van der Waals surface area contributed by atoms with Crippen LogP contribution in [0.4, 0.5) is 11.5 Å². The minimum absolute atomic E-state index is 0.109. The highest BCUT2D eigenvalue weighted by Gasteiger charge is 2.06. The third-order valence-corrected chi connectivity index (χ3v) is 2.88. The molecule has 7 heteroatoms. The summed E-state index contributed by atoms with van der Waals surface area (Å²) in [5, 5.41) is 19.5. The van der Waals surface area contributed by atoms with Gasteiger partial charge in [0.25, 0.3) is 0 Å². The first-order chi connectivity index (χ1) is 8.56. The van der Waals surface area contributed by atoms with Crippen molar-refractivity contribution in [1.82, 2.24) is 10.2 Å². The molecule has 0 fully saturated rings. The van der Waals surface area contributed by atoms with Crippen LogP contribution in [0.1, 0.15) is 10.5 Å². The van der Waals surface area contributed by atoms with Crippen molar-refractivity contribution in [2.45, 2.75) is 0 Å². The Morgan fingerprint density at radius 2 is 2.06 bits per heavy atom. The van der Waals surface area contributed by atoms with Crippen molar-refractivity contribution in [1.29, 1.82) is 0 Å². The van der Waals surface area contributed by atoms with E-state index in [-0.39, 0.29) is 5.69 Å². The van der Waals surface area contributed by atoms with Gasteiger partial charge in [0.1, 0.15) is 0 Å². The van der Waals surface area contributed by atoms with Crippen molar-refractivity contribution in [2.24, 2.45) is 0 Å². The van der Waals surface area contributed by atoms with E-state index in [0.717, 1.165) is 4.47 Å². The van der Waals surface area contributed by atoms with E-state index < -0.39 is 5.97 Å². The molecule has 18 heavy (non-hydrogen) atoms. The summed E-state index contributed by atoms with van der Waals surface area (Å²) < 4.78 is 0.866. The fourth-order valence-corrected chi connectivity index (χ4v) is 1.96. The second kappa shape index (κ2) is 5.32. The number of benzene rings is 1. The summed E-state index contributed by atoms with van der Waals surface area (Å²) in [5.41, 5.74) is 0.555. The third kappa shape index (κ3) is 2.96. The van der Waals surface area contributed by atoms with Gasteiger partial charge in [-0.05, 0) is 30.3 Å². The molecule has 0 aliphatic rings. The van der Waals surface area contributed by atoms with Crippen molar-refractivity contribution < 1.29 is 9.90 Å². The quantitative estimate of drug-likeness (QED) is 0.904. The van der Waals surface area contributed by atoms with Gasteiger partial charge in [0.2, 0.25) is 0 Å². The molecule has 0 atom stereocenters. The lowest BCUT2D eigenvalue weighted by molar-refractivity contribution is 0.0689. The van der Waals surface area contributed by atoms with Gasteiger partial charge < -0.3 is 10.4 Å². The smallest absolute Gasteiger partial charge is 0.356 e. The fraction of sp³-hybridized carbons (Fsp3) is 0. The van der Waals surface area contributed by atoms with E-state index >= 15 is 0 Å². The maximum Gasteiger partial charge on any atom is 0.356 e. The van der Waals surface area contributed by atoms with Crippen molar-refractivity contribution in [3.63, 3.8) is 0 Å². The lowest BCUT2D eigenvalue weighted by atomic mass is 10.3. The van der Waals surface area contributed by atoms with Gasteiger partial charge in [-0.3, -0.25) is 0 Å². The normalized spacial score (nSPS) is 10.1. The van der Waals surface area contributed by atoms with Crippen LogP contribution in [0.25, 0.3) is 0 Å².